The van der Waals surface area contributed by atoms with Gasteiger partial charge in [0.05, 0.1) is 12.0 Å². The van der Waals surface area contributed by atoms with Gasteiger partial charge in [0, 0.05) is 19.0 Å². The first-order valence-corrected chi connectivity index (χ1v) is 7.59. The SMILES string of the molecule is CC(NC(=O)C1CCCN(C(=O)C2CC2)C1)c1ncn[nH]1. The molecule has 1 aliphatic heterocycles. The minimum Gasteiger partial charge on any atom is -0.346 e. The lowest BCUT2D eigenvalue weighted by molar-refractivity contribution is -0.137. The highest BCUT2D eigenvalue weighted by Crippen LogP contribution is 2.32. The van der Waals surface area contributed by atoms with Crippen molar-refractivity contribution < 1.29 is 9.59 Å². The summed E-state index contributed by atoms with van der Waals surface area (Å²) in [6.45, 7) is 3.20. The number of aromatic amines is 1. The number of hydrogen-bond acceptors (Lipinski definition) is 4. The fourth-order valence-electron chi connectivity index (χ4n) is 2.80. The molecule has 1 aliphatic carbocycles. The van der Waals surface area contributed by atoms with Crippen LogP contribution in [0.25, 0.3) is 0 Å². The zero-order valence-corrected chi connectivity index (χ0v) is 12.2. The minimum absolute atomic E-state index is 0.00723. The van der Waals surface area contributed by atoms with Crippen LogP contribution in [0.1, 0.15) is 44.5 Å². The highest BCUT2D eigenvalue weighted by atomic mass is 16.2. The summed E-state index contributed by atoms with van der Waals surface area (Å²) in [7, 11) is 0. The predicted octanol–water partition coefficient (Wildman–Crippen LogP) is 0.631. The van der Waals surface area contributed by atoms with Gasteiger partial charge in [0.1, 0.15) is 12.2 Å². The Kier molecular flexibility index (Phi) is 3.90. The quantitative estimate of drug-likeness (QED) is 0.851. The summed E-state index contributed by atoms with van der Waals surface area (Å²) in [4.78, 5) is 30.4. The Morgan fingerprint density at radius 2 is 2.19 bits per heavy atom. The van der Waals surface area contributed by atoms with E-state index in [0.29, 0.717) is 12.4 Å². The number of H-pyrrole nitrogens is 1. The molecule has 2 aliphatic rings. The first-order valence-electron chi connectivity index (χ1n) is 7.59. The molecule has 2 amide bonds. The maximum absolute atomic E-state index is 12.3. The zero-order valence-electron chi connectivity index (χ0n) is 12.2. The smallest absolute Gasteiger partial charge is 0.225 e. The van der Waals surface area contributed by atoms with Crippen LogP contribution < -0.4 is 5.32 Å². The molecule has 7 heteroatoms. The van der Waals surface area contributed by atoms with Crippen LogP contribution in [0.15, 0.2) is 6.33 Å². The van der Waals surface area contributed by atoms with E-state index in [-0.39, 0.29) is 29.7 Å². The molecule has 1 aromatic heterocycles. The molecule has 2 atom stereocenters. The van der Waals surface area contributed by atoms with Gasteiger partial charge in [-0.15, -0.1) is 0 Å². The number of piperidine rings is 1. The van der Waals surface area contributed by atoms with Crippen molar-refractivity contribution in [3.05, 3.63) is 12.2 Å². The Morgan fingerprint density at radius 3 is 2.86 bits per heavy atom. The lowest BCUT2D eigenvalue weighted by Gasteiger charge is -2.32. The van der Waals surface area contributed by atoms with Crippen molar-refractivity contribution in [3.63, 3.8) is 0 Å². The van der Waals surface area contributed by atoms with Gasteiger partial charge in [0.15, 0.2) is 0 Å². The standard InChI is InChI=1S/C14H21N5O2/c1-9(12-15-8-16-18-12)17-13(20)11-3-2-6-19(7-11)14(21)10-4-5-10/h8-11H,2-7H2,1H3,(H,17,20)(H,15,16,18). The van der Waals surface area contributed by atoms with E-state index in [1.54, 1.807) is 0 Å². The van der Waals surface area contributed by atoms with Gasteiger partial charge >= 0.3 is 0 Å². The van der Waals surface area contributed by atoms with Gasteiger partial charge in [0.2, 0.25) is 11.8 Å². The second-order valence-electron chi connectivity index (χ2n) is 6.00. The molecule has 2 N–H and O–H groups in total. The number of carbonyl (C=O) groups excluding carboxylic acids is 2. The van der Waals surface area contributed by atoms with Gasteiger partial charge in [-0.1, -0.05) is 0 Å². The lowest BCUT2D eigenvalue weighted by Crippen LogP contribution is -2.46. The molecule has 0 radical (unpaired) electrons. The number of nitrogens with zero attached hydrogens (tertiary/aromatic N) is 3. The highest BCUT2D eigenvalue weighted by Gasteiger charge is 2.36. The minimum atomic E-state index is -0.200. The molecule has 0 aromatic carbocycles. The Hall–Kier alpha value is -1.92. The summed E-state index contributed by atoms with van der Waals surface area (Å²) < 4.78 is 0. The van der Waals surface area contributed by atoms with E-state index >= 15 is 0 Å². The molecule has 1 saturated carbocycles. The Balaban J connectivity index is 1.55. The third-order valence-corrected chi connectivity index (χ3v) is 4.23. The monoisotopic (exact) mass is 291 g/mol. The number of nitrogens with one attached hydrogen (secondary N) is 2. The largest absolute Gasteiger partial charge is 0.346 e. The topological polar surface area (TPSA) is 91.0 Å². The van der Waals surface area contributed by atoms with E-state index < -0.39 is 0 Å². The van der Waals surface area contributed by atoms with E-state index in [2.05, 4.69) is 20.5 Å². The van der Waals surface area contributed by atoms with Crippen molar-refractivity contribution >= 4 is 11.8 Å². The molecule has 114 valence electrons. The average Bonchev–Trinajstić information content (AvgIpc) is 3.20. The van der Waals surface area contributed by atoms with Crippen LogP contribution in [-0.4, -0.2) is 45.0 Å². The van der Waals surface area contributed by atoms with Crippen LogP contribution in [-0.2, 0) is 9.59 Å². The maximum Gasteiger partial charge on any atom is 0.225 e. The fourth-order valence-corrected chi connectivity index (χ4v) is 2.80. The molecule has 0 spiro atoms. The first kappa shape index (κ1) is 14.0. The zero-order chi connectivity index (χ0) is 14.8. The van der Waals surface area contributed by atoms with Gasteiger partial charge in [-0.2, -0.15) is 5.10 Å². The Labute approximate surface area is 123 Å². The van der Waals surface area contributed by atoms with Gasteiger partial charge in [-0.3, -0.25) is 14.7 Å². The molecule has 3 rings (SSSR count). The average molecular weight is 291 g/mol. The number of amides is 2. The van der Waals surface area contributed by atoms with Gasteiger partial charge in [0.25, 0.3) is 0 Å². The normalized spacial score (nSPS) is 23.7. The molecule has 2 unspecified atom stereocenters. The number of hydrogen-bond donors (Lipinski definition) is 2. The van der Waals surface area contributed by atoms with Crippen LogP contribution in [0.4, 0.5) is 0 Å². The second kappa shape index (κ2) is 5.83. The molecule has 1 aromatic rings. The van der Waals surface area contributed by atoms with Crippen molar-refractivity contribution in [3.8, 4) is 0 Å². The third kappa shape index (κ3) is 3.22. The summed E-state index contributed by atoms with van der Waals surface area (Å²) in [6, 6.07) is -0.200. The van der Waals surface area contributed by atoms with Crippen molar-refractivity contribution in [1.82, 2.24) is 25.4 Å². The maximum atomic E-state index is 12.3. The van der Waals surface area contributed by atoms with Gasteiger partial charge in [-0.05, 0) is 32.6 Å². The first-order chi connectivity index (χ1) is 10.1. The molecule has 1 saturated heterocycles. The van der Waals surface area contributed by atoms with Crippen LogP contribution in [0.3, 0.4) is 0 Å². The molecular formula is C14H21N5O2. The summed E-state index contributed by atoms with van der Waals surface area (Å²) in [5.41, 5.74) is 0. The molecule has 0 bridgehead atoms. The third-order valence-electron chi connectivity index (χ3n) is 4.23. The van der Waals surface area contributed by atoms with E-state index in [1.807, 2.05) is 11.8 Å². The highest BCUT2D eigenvalue weighted by molar-refractivity contribution is 5.83. The molecule has 2 fully saturated rings. The fraction of sp³-hybridized carbons (Fsp3) is 0.714. The molecular weight excluding hydrogens is 270 g/mol. The van der Waals surface area contributed by atoms with Crippen molar-refractivity contribution in [1.29, 1.82) is 0 Å². The van der Waals surface area contributed by atoms with Crippen LogP contribution >= 0.6 is 0 Å². The van der Waals surface area contributed by atoms with Crippen LogP contribution in [0, 0.1) is 11.8 Å². The molecule has 21 heavy (non-hydrogen) atoms. The predicted molar refractivity (Wildman–Crippen MR) is 75.0 cm³/mol. The van der Waals surface area contributed by atoms with E-state index in [4.69, 9.17) is 0 Å². The van der Waals surface area contributed by atoms with E-state index in [9.17, 15) is 9.59 Å². The summed E-state index contributed by atoms with van der Waals surface area (Å²) >= 11 is 0. The van der Waals surface area contributed by atoms with E-state index in [0.717, 1.165) is 32.2 Å². The number of likely N-dealkylation sites (tertiary alicyclic amines) is 1. The number of carbonyl (C=O) groups is 2. The van der Waals surface area contributed by atoms with Gasteiger partial charge < -0.3 is 10.2 Å². The number of rotatable bonds is 4. The van der Waals surface area contributed by atoms with Crippen molar-refractivity contribution in [2.45, 2.75) is 38.6 Å². The van der Waals surface area contributed by atoms with E-state index in [1.165, 1.54) is 6.33 Å². The Morgan fingerprint density at radius 1 is 1.38 bits per heavy atom. The summed E-state index contributed by atoms with van der Waals surface area (Å²) in [5.74, 6) is 0.972. The second-order valence-corrected chi connectivity index (χ2v) is 6.00. The van der Waals surface area contributed by atoms with Crippen LogP contribution in [0.5, 0.6) is 0 Å². The summed E-state index contributed by atoms with van der Waals surface area (Å²) in [6.07, 6.45) is 5.18. The lowest BCUT2D eigenvalue weighted by atomic mass is 9.96. The van der Waals surface area contributed by atoms with Gasteiger partial charge in [-0.25, -0.2) is 4.98 Å². The van der Waals surface area contributed by atoms with Crippen molar-refractivity contribution in [2.24, 2.45) is 11.8 Å². The molecule has 7 nitrogen and oxygen atoms in total. The number of aromatic nitrogens is 3. The Bertz CT molecular complexity index is 511. The summed E-state index contributed by atoms with van der Waals surface area (Å²) in [5, 5.41) is 9.49. The molecule has 2 heterocycles. The van der Waals surface area contributed by atoms with Crippen LogP contribution in [0.2, 0.25) is 0 Å². The van der Waals surface area contributed by atoms with Crippen molar-refractivity contribution in [2.75, 3.05) is 13.1 Å².